The number of rotatable bonds is 14. The van der Waals surface area contributed by atoms with Crippen LogP contribution in [0.25, 0.3) is 5.57 Å². The second-order valence-corrected chi connectivity index (χ2v) is 16.1. The van der Waals surface area contributed by atoms with E-state index in [9.17, 15) is 13.7 Å². The highest BCUT2D eigenvalue weighted by atomic mass is 35.5. The van der Waals surface area contributed by atoms with E-state index in [1.54, 1.807) is 19.1 Å². The van der Waals surface area contributed by atoms with Crippen molar-refractivity contribution >= 4 is 74.6 Å². The van der Waals surface area contributed by atoms with Crippen LogP contribution in [0, 0.1) is 5.92 Å². The Bertz CT molecular complexity index is 1640. The van der Waals surface area contributed by atoms with Crippen LogP contribution in [-0.4, -0.2) is 62.4 Å². The van der Waals surface area contributed by atoms with Crippen LogP contribution in [0.15, 0.2) is 132 Å². The standard InChI is InChI=1S/C23H29Cl3N2O2S.C12H11Cl.C4H7F.C3H5ClO.2C2H6/c1-17(2)14-28(16-19-11-21(25)13-22(26)12-19)23(29)20-7-5-18(6-8-20)15-27(3)31(30)10-4-9-24;13-12-8-6-11(7-9-12)10-4-2-1-3-5-10;1-3-4(2)5;1-3(4)2-5;2*1-2/h4-5,7-9,11-13,18,23,29H,1,6,10,14-16H2,2-3H3;2,4-9H,1,3H2;2-3H2,1H3;5H,1-2H2;2*1-2H3/b9-4+;;;;;. The van der Waals surface area contributed by atoms with Crippen molar-refractivity contribution in [2.24, 2.45) is 5.92 Å². The molecule has 0 saturated heterocycles. The molecule has 0 radical (unpaired) electrons. The molecule has 2 N–H and O–H groups in total. The number of aliphatic hydroxyl groups is 2. The van der Waals surface area contributed by atoms with Gasteiger partial charge in [-0.25, -0.2) is 12.9 Å². The molecule has 58 heavy (non-hydrogen) atoms. The predicted octanol–water partition coefficient (Wildman–Crippen LogP) is 14.3. The van der Waals surface area contributed by atoms with Gasteiger partial charge in [-0.05, 0) is 98.2 Å². The summed E-state index contributed by atoms with van der Waals surface area (Å²) in [6.45, 7) is 23.4. The Morgan fingerprint density at radius 3 is 1.98 bits per heavy atom. The molecule has 3 unspecified atom stereocenters. The molecule has 2 aromatic rings. The van der Waals surface area contributed by atoms with E-state index in [1.807, 2.05) is 87.3 Å². The topological polar surface area (TPSA) is 64.0 Å². The summed E-state index contributed by atoms with van der Waals surface area (Å²) in [5.41, 5.74) is 6.64. The van der Waals surface area contributed by atoms with Gasteiger partial charge in [0.15, 0.2) is 0 Å². The highest BCUT2D eigenvalue weighted by Gasteiger charge is 2.22. The Kier molecular flexibility index (Phi) is 35.4. The molecule has 2 aromatic carbocycles. The van der Waals surface area contributed by atoms with Crippen molar-refractivity contribution in [3.05, 3.63) is 158 Å². The molecule has 0 amide bonds. The summed E-state index contributed by atoms with van der Waals surface area (Å²) in [6, 6.07) is 13.4. The first-order valence-corrected chi connectivity index (χ1v) is 22.5. The molecule has 0 saturated carbocycles. The van der Waals surface area contributed by atoms with E-state index in [2.05, 4.69) is 56.2 Å². The molecule has 0 aliphatic heterocycles. The molecule has 0 fully saturated rings. The van der Waals surface area contributed by atoms with Crippen molar-refractivity contribution in [1.82, 2.24) is 9.21 Å². The zero-order chi connectivity index (χ0) is 44.6. The Hall–Kier alpha value is -2.27. The first-order chi connectivity index (χ1) is 27.6. The minimum Gasteiger partial charge on any atom is -0.391 e. The van der Waals surface area contributed by atoms with Crippen molar-refractivity contribution in [2.75, 3.05) is 32.5 Å². The van der Waals surface area contributed by atoms with Crippen LogP contribution in [0.5, 0.6) is 0 Å². The molecule has 12 heteroatoms. The van der Waals surface area contributed by atoms with Crippen molar-refractivity contribution in [3.63, 3.8) is 0 Å². The van der Waals surface area contributed by atoms with Gasteiger partial charge in [0.25, 0.3) is 0 Å². The smallest absolute Gasteiger partial charge is 0.133 e. The Morgan fingerprint density at radius 2 is 1.55 bits per heavy atom. The number of nitrogens with zero attached hydrogens (tertiary/aromatic N) is 2. The number of hydrogen-bond acceptors (Lipinski definition) is 4. The fourth-order valence-corrected chi connectivity index (χ4v) is 6.63. The molecule has 0 bridgehead atoms. The van der Waals surface area contributed by atoms with E-state index in [0.717, 1.165) is 41.0 Å². The van der Waals surface area contributed by atoms with Crippen molar-refractivity contribution in [3.8, 4) is 0 Å². The first-order valence-electron chi connectivity index (χ1n) is 19.2. The largest absolute Gasteiger partial charge is 0.391 e. The van der Waals surface area contributed by atoms with E-state index in [-0.39, 0.29) is 23.4 Å². The van der Waals surface area contributed by atoms with Gasteiger partial charge in [0.1, 0.15) is 6.23 Å². The maximum absolute atomic E-state index is 12.2. The predicted molar refractivity (Wildman–Crippen MR) is 257 cm³/mol. The quantitative estimate of drug-likeness (QED) is 0.146. The lowest BCUT2D eigenvalue weighted by Crippen LogP contribution is -2.37. The van der Waals surface area contributed by atoms with Gasteiger partial charge in [-0.1, -0.05) is 173 Å². The van der Waals surface area contributed by atoms with Gasteiger partial charge in [0, 0.05) is 45.3 Å². The molecular formula is C46H64Cl5FN2O3S. The van der Waals surface area contributed by atoms with Crippen LogP contribution in [0.3, 0.4) is 0 Å². The maximum atomic E-state index is 12.2. The van der Waals surface area contributed by atoms with E-state index in [1.165, 1.54) is 16.7 Å². The molecule has 2 aliphatic carbocycles. The van der Waals surface area contributed by atoms with E-state index in [4.69, 9.17) is 63.1 Å². The van der Waals surface area contributed by atoms with Crippen molar-refractivity contribution < 1.29 is 18.8 Å². The van der Waals surface area contributed by atoms with Crippen LogP contribution >= 0.6 is 58.0 Å². The summed E-state index contributed by atoms with van der Waals surface area (Å²) >= 11 is 28.6. The third-order valence-corrected chi connectivity index (χ3v) is 9.85. The average molecular weight is 921 g/mol. The van der Waals surface area contributed by atoms with Crippen LogP contribution in [0.1, 0.15) is 78.4 Å². The highest BCUT2D eigenvalue weighted by molar-refractivity contribution is 7.82. The lowest BCUT2D eigenvalue weighted by Gasteiger charge is -2.31. The number of halogens is 6. The van der Waals surface area contributed by atoms with E-state index < -0.39 is 17.2 Å². The number of hydrogen-bond donors (Lipinski definition) is 2. The number of aliphatic hydroxyl groups excluding tert-OH is 2. The van der Waals surface area contributed by atoms with Crippen LogP contribution in [0.2, 0.25) is 15.1 Å². The number of allylic oxidation sites excluding steroid dienone is 6. The highest BCUT2D eigenvalue weighted by Crippen LogP contribution is 2.26. The summed E-state index contributed by atoms with van der Waals surface area (Å²) in [4.78, 5) is 1.93. The molecule has 2 aliphatic rings. The second kappa shape index (κ2) is 35.5. The van der Waals surface area contributed by atoms with Crippen LogP contribution < -0.4 is 0 Å². The fourth-order valence-electron chi connectivity index (χ4n) is 4.86. The van der Waals surface area contributed by atoms with Crippen LogP contribution in [0.4, 0.5) is 4.39 Å². The first kappa shape index (κ1) is 57.8. The molecule has 0 heterocycles. The zero-order valence-corrected chi connectivity index (χ0v) is 39.8. The van der Waals surface area contributed by atoms with E-state index >= 15 is 0 Å². The summed E-state index contributed by atoms with van der Waals surface area (Å²) in [6.07, 6.45) is 17.1. The van der Waals surface area contributed by atoms with Crippen LogP contribution in [-0.2, 0) is 17.5 Å². The third kappa shape index (κ3) is 27.5. The van der Waals surface area contributed by atoms with Gasteiger partial charge >= 0.3 is 0 Å². The van der Waals surface area contributed by atoms with Gasteiger partial charge in [-0.3, -0.25) is 4.90 Å². The molecular weight excluding hydrogens is 857 g/mol. The molecule has 0 aromatic heterocycles. The van der Waals surface area contributed by atoms with Gasteiger partial charge < -0.3 is 10.2 Å². The Labute approximate surface area is 377 Å². The second-order valence-electron chi connectivity index (χ2n) is 12.4. The monoisotopic (exact) mass is 918 g/mol. The molecule has 5 nitrogen and oxygen atoms in total. The minimum absolute atomic E-state index is 0.123. The van der Waals surface area contributed by atoms with Crippen molar-refractivity contribution in [2.45, 2.75) is 80.0 Å². The van der Waals surface area contributed by atoms with E-state index in [0.29, 0.717) is 41.9 Å². The lowest BCUT2D eigenvalue weighted by molar-refractivity contribution is 0.0356. The molecule has 4 rings (SSSR count). The summed E-state index contributed by atoms with van der Waals surface area (Å²) in [7, 11) is 0.732. The SMILES string of the molecule is C=C(C)CN(Cc1cc(Cl)cc(Cl)c1)C(O)C1=CCC(CN(C)S(=O)C/C=C/Cl)C=C1.C=C(Cl)CO.C=C(F)CC.CC.CC.Clc1ccc(C2=CCCC=C2)cc1. The van der Waals surface area contributed by atoms with Gasteiger partial charge in [0.05, 0.1) is 29.2 Å². The normalized spacial score (nSPS) is 14.9. The molecule has 3 atom stereocenters. The summed E-state index contributed by atoms with van der Waals surface area (Å²) < 4.78 is 25.2. The average Bonchev–Trinajstić information content (AvgIpc) is 3.22. The summed E-state index contributed by atoms with van der Waals surface area (Å²) in [5, 5.41) is 21.2. The molecule has 324 valence electrons. The van der Waals surface area contributed by atoms with Gasteiger partial charge in [0.2, 0.25) is 0 Å². The molecule has 0 spiro atoms. The number of benzene rings is 2. The summed E-state index contributed by atoms with van der Waals surface area (Å²) in [5.74, 6) is 0.385. The fraction of sp³-hybridized carbons (Fsp3) is 0.391. The van der Waals surface area contributed by atoms with Gasteiger partial charge in [-0.15, -0.1) is 0 Å². The Balaban J connectivity index is 0. The maximum Gasteiger partial charge on any atom is 0.133 e. The zero-order valence-electron chi connectivity index (χ0n) is 35.2. The van der Waals surface area contributed by atoms with Crippen molar-refractivity contribution in [1.29, 1.82) is 0 Å². The third-order valence-electron chi connectivity index (χ3n) is 7.54. The minimum atomic E-state index is -1.11. The van der Waals surface area contributed by atoms with Gasteiger partial charge in [-0.2, -0.15) is 0 Å². The lowest BCUT2D eigenvalue weighted by atomic mass is 9.95. The Morgan fingerprint density at radius 1 is 0.983 bits per heavy atom.